The molecule has 3 heteroatoms. The van der Waals surface area contributed by atoms with Crippen molar-refractivity contribution in [1.82, 2.24) is 10.2 Å². The molecule has 30 heavy (non-hydrogen) atoms. The molecular weight excluding hydrogens is 368 g/mol. The first-order valence-electron chi connectivity index (χ1n) is 12.3. The first-order valence-corrected chi connectivity index (χ1v) is 12.3. The highest BCUT2D eigenvalue weighted by Gasteiger charge is 2.05. The molecule has 166 valence electrons. The Balaban J connectivity index is 1.64. The van der Waals surface area contributed by atoms with E-state index in [4.69, 9.17) is 4.74 Å². The second kappa shape index (κ2) is 15.0. The van der Waals surface area contributed by atoms with E-state index in [9.17, 15) is 0 Å². The lowest BCUT2D eigenvalue weighted by Crippen LogP contribution is -2.08. The number of nitrogens with zero attached hydrogens (tertiary/aromatic N) is 2. The molecule has 1 aromatic carbocycles. The number of benzene rings is 1. The Kier molecular flexibility index (Phi) is 12.2. The molecule has 0 aliphatic heterocycles. The zero-order valence-electron chi connectivity index (χ0n) is 19.5. The molecule has 1 unspecified atom stereocenters. The van der Waals surface area contributed by atoms with Gasteiger partial charge in [-0.1, -0.05) is 109 Å². The highest BCUT2D eigenvalue weighted by atomic mass is 16.5. The maximum atomic E-state index is 5.70. The van der Waals surface area contributed by atoms with E-state index in [1.54, 1.807) is 0 Å². The van der Waals surface area contributed by atoms with E-state index < -0.39 is 0 Å². The van der Waals surface area contributed by atoms with Crippen molar-refractivity contribution in [3.63, 3.8) is 0 Å². The second-order valence-corrected chi connectivity index (χ2v) is 8.71. The van der Waals surface area contributed by atoms with E-state index in [1.807, 2.05) is 12.1 Å². The lowest BCUT2D eigenvalue weighted by molar-refractivity contribution is 0.245. The topological polar surface area (TPSA) is 35.0 Å². The fourth-order valence-electron chi connectivity index (χ4n) is 3.56. The van der Waals surface area contributed by atoms with Gasteiger partial charge < -0.3 is 4.74 Å². The molecule has 1 atom stereocenters. The smallest absolute Gasteiger partial charge is 0.233 e. The van der Waals surface area contributed by atoms with Crippen LogP contribution in [0, 0.1) is 5.92 Å². The zero-order valence-corrected chi connectivity index (χ0v) is 19.5. The van der Waals surface area contributed by atoms with Gasteiger partial charge in [-0.05, 0) is 30.4 Å². The molecule has 1 aromatic heterocycles. The molecular formula is C27H42N2O. The summed E-state index contributed by atoms with van der Waals surface area (Å²) in [6.07, 6.45) is 16.1. The molecule has 1 heterocycles. The lowest BCUT2D eigenvalue weighted by atomic mass is 10.0. The van der Waals surface area contributed by atoms with Gasteiger partial charge >= 0.3 is 0 Å². The van der Waals surface area contributed by atoms with Gasteiger partial charge in [0.15, 0.2) is 0 Å². The number of ether oxygens (including phenoxy) is 1. The highest BCUT2D eigenvalue weighted by Crippen LogP contribution is 2.20. The molecule has 3 nitrogen and oxygen atoms in total. The molecule has 0 amide bonds. The Morgan fingerprint density at radius 1 is 0.733 bits per heavy atom. The van der Waals surface area contributed by atoms with E-state index >= 15 is 0 Å². The standard InChI is InChI=1S/C27H42N2O/c1-4-6-7-8-9-10-11-12-13-14-15-24-16-18-25(19-17-24)26-20-21-27(29-28-26)30-22-23(3)5-2/h16-21,23H,4-15,22H2,1-3H3. The molecule has 0 saturated heterocycles. The van der Waals surface area contributed by atoms with Gasteiger partial charge in [0.25, 0.3) is 0 Å². The number of rotatable bonds is 16. The first-order chi connectivity index (χ1) is 14.7. The summed E-state index contributed by atoms with van der Waals surface area (Å²) in [5.74, 6) is 1.14. The summed E-state index contributed by atoms with van der Waals surface area (Å²) < 4.78 is 5.70. The van der Waals surface area contributed by atoms with Crippen LogP contribution in [0.5, 0.6) is 5.88 Å². The summed E-state index contributed by atoms with van der Waals surface area (Å²) in [5, 5.41) is 8.55. The van der Waals surface area contributed by atoms with E-state index in [-0.39, 0.29) is 0 Å². The van der Waals surface area contributed by atoms with Gasteiger partial charge in [-0.15, -0.1) is 10.2 Å². The minimum absolute atomic E-state index is 0.537. The van der Waals surface area contributed by atoms with Crippen LogP contribution in [0.15, 0.2) is 36.4 Å². The summed E-state index contributed by atoms with van der Waals surface area (Å²) in [7, 11) is 0. The number of aryl methyl sites for hydroxylation is 1. The number of hydrogen-bond acceptors (Lipinski definition) is 3. The lowest BCUT2D eigenvalue weighted by Gasteiger charge is -2.10. The highest BCUT2D eigenvalue weighted by molar-refractivity contribution is 5.58. The van der Waals surface area contributed by atoms with Gasteiger partial charge in [0.1, 0.15) is 0 Å². The van der Waals surface area contributed by atoms with Crippen molar-refractivity contribution >= 4 is 0 Å². The summed E-state index contributed by atoms with van der Waals surface area (Å²) >= 11 is 0. The van der Waals surface area contributed by atoms with Crippen molar-refractivity contribution in [1.29, 1.82) is 0 Å². The molecule has 0 aliphatic carbocycles. The van der Waals surface area contributed by atoms with Crippen molar-refractivity contribution in [3.05, 3.63) is 42.0 Å². The fraction of sp³-hybridized carbons (Fsp3) is 0.630. The van der Waals surface area contributed by atoms with Gasteiger partial charge in [0, 0.05) is 11.6 Å². The van der Waals surface area contributed by atoms with Gasteiger partial charge in [-0.25, -0.2) is 0 Å². The molecule has 0 aliphatic rings. The van der Waals surface area contributed by atoms with Gasteiger partial charge in [-0.3, -0.25) is 0 Å². The average molecular weight is 411 g/mol. The van der Waals surface area contributed by atoms with Crippen LogP contribution in [0.1, 0.15) is 97.0 Å². The maximum Gasteiger partial charge on any atom is 0.233 e. The molecule has 0 N–H and O–H groups in total. The molecule has 0 fully saturated rings. The molecule has 0 spiro atoms. The van der Waals surface area contributed by atoms with Crippen molar-refractivity contribution in [2.24, 2.45) is 5.92 Å². The number of unbranched alkanes of at least 4 members (excludes halogenated alkanes) is 9. The van der Waals surface area contributed by atoms with Crippen LogP contribution in [-0.4, -0.2) is 16.8 Å². The normalized spacial score (nSPS) is 12.1. The van der Waals surface area contributed by atoms with Crippen LogP contribution in [0.3, 0.4) is 0 Å². The minimum Gasteiger partial charge on any atom is -0.476 e. The van der Waals surface area contributed by atoms with Crippen LogP contribution in [0.25, 0.3) is 11.3 Å². The van der Waals surface area contributed by atoms with E-state index in [0.717, 1.165) is 17.7 Å². The molecule has 2 aromatic rings. The summed E-state index contributed by atoms with van der Waals surface area (Å²) in [4.78, 5) is 0. The second-order valence-electron chi connectivity index (χ2n) is 8.71. The summed E-state index contributed by atoms with van der Waals surface area (Å²) in [6.45, 7) is 7.32. The molecule has 0 bridgehead atoms. The van der Waals surface area contributed by atoms with E-state index in [2.05, 4.69) is 55.2 Å². The van der Waals surface area contributed by atoms with Crippen LogP contribution < -0.4 is 4.74 Å². The largest absolute Gasteiger partial charge is 0.476 e. The van der Waals surface area contributed by atoms with Gasteiger partial charge in [0.05, 0.1) is 12.3 Å². The predicted octanol–water partition coefficient (Wildman–Crippen LogP) is 8.03. The van der Waals surface area contributed by atoms with Crippen molar-refractivity contribution < 1.29 is 4.74 Å². The third-order valence-electron chi connectivity index (χ3n) is 5.92. The van der Waals surface area contributed by atoms with E-state index in [1.165, 1.54) is 76.2 Å². The van der Waals surface area contributed by atoms with Crippen molar-refractivity contribution in [2.45, 2.75) is 97.8 Å². The number of hydrogen-bond donors (Lipinski definition) is 0. The maximum absolute atomic E-state index is 5.70. The zero-order chi connectivity index (χ0) is 21.4. The Hall–Kier alpha value is -1.90. The monoisotopic (exact) mass is 410 g/mol. The quantitative estimate of drug-likeness (QED) is 0.263. The SMILES string of the molecule is CCCCCCCCCCCCc1ccc(-c2ccc(OCC(C)CC)nn2)cc1. The molecule has 0 radical (unpaired) electrons. The van der Waals surface area contributed by atoms with Gasteiger partial charge in [0.2, 0.25) is 5.88 Å². The minimum atomic E-state index is 0.537. The average Bonchev–Trinajstić information content (AvgIpc) is 2.79. The Labute approximate surface area is 184 Å². The Morgan fingerprint density at radius 2 is 1.37 bits per heavy atom. The fourth-order valence-corrected chi connectivity index (χ4v) is 3.56. The van der Waals surface area contributed by atoms with Crippen molar-refractivity contribution in [2.75, 3.05) is 6.61 Å². The molecule has 0 saturated carbocycles. The summed E-state index contributed by atoms with van der Waals surface area (Å²) in [5.41, 5.74) is 3.43. The van der Waals surface area contributed by atoms with Crippen LogP contribution in [0.4, 0.5) is 0 Å². The van der Waals surface area contributed by atoms with Crippen LogP contribution >= 0.6 is 0 Å². The predicted molar refractivity (Wildman–Crippen MR) is 128 cm³/mol. The Bertz CT molecular complexity index is 666. The van der Waals surface area contributed by atoms with Crippen LogP contribution in [-0.2, 0) is 6.42 Å². The molecule has 2 rings (SSSR count). The van der Waals surface area contributed by atoms with Crippen LogP contribution in [0.2, 0.25) is 0 Å². The Morgan fingerprint density at radius 3 is 1.93 bits per heavy atom. The summed E-state index contributed by atoms with van der Waals surface area (Å²) in [6, 6.07) is 12.7. The first kappa shape index (κ1) is 24.4. The van der Waals surface area contributed by atoms with Crippen molar-refractivity contribution in [3.8, 4) is 17.1 Å². The third-order valence-corrected chi connectivity index (χ3v) is 5.92. The third kappa shape index (κ3) is 9.73. The van der Waals surface area contributed by atoms with Gasteiger partial charge in [-0.2, -0.15) is 0 Å². The number of aromatic nitrogens is 2. The van der Waals surface area contributed by atoms with E-state index in [0.29, 0.717) is 18.4 Å².